The third-order valence-electron chi connectivity index (χ3n) is 6.68. The van der Waals surface area contributed by atoms with Crippen molar-refractivity contribution in [1.82, 2.24) is 4.90 Å². The molecule has 1 fully saturated rings. The SMILES string of the molecule is NC1=NC2(CC(c3ccccc3Br)Oc3ccccc32)C(=O)N1CC1CCCCC1. The standard InChI is InChI=1S/C24H26BrN3O2/c25-19-12-6-4-10-17(19)21-14-24(18-11-5-7-13-20(18)30-21)22(29)28(23(26)27-24)15-16-8-2-1-3-9-16/h4-7,10-13,16,21H,1-3,8-9,14-15H2,(H2,26,27). The topological polar surface area (TPSA) is 67.9 Å². The van der Waals surface area contributed by atoms with E-state index in [0.717, 1.165) is 28.4 Å². The number of benzene rings is 2. The molecule has 1 saturated carbocycles. The maximum atomic E-state index is 13.9. The second kappa shape index (κ2) is 7.73. The summed E-state index contributed by atoms with van der Waals surface area (Å²) in [5.41, 5.74) is 7.17. The molecule has 1 aliphatic carbocycles. The zero-order valence-corrected chi connectivity index (χ0v) is 18.5. The molecule has 0 bridgehead atoms. The van der Waals surface area contributed by atoms with Crippen molar-refractivity contribution < 1.29 is 9.53 Å². The van der Waals surface area contributed by atoms with Gasteiger partial charge in [-0.05, 0) is 30.9 Å². The summed E-state index contributed by atoms with van der Waals surface area (Å²) in [5.74, 6) is 1.53. The lowest BCUT2D eigenvalue weighted by atomic mass is 9.80. The molecule has 2 aromatic rings. The molecule has 2 N–H and O–H groups in total. The van der Waals surface area contributed by atoms with Crippen molar-refractivity contribution in [3.05, 3.63) is 64.1 Å². The van der Waals surface area contributed by atoms with E-state index in [9.17, 15) is 4.79 Å². The van der Waals surface area contributed by atoms with Crippen molar-refractivity contribution in [3.63, 3.8) is 0 Å². The normalized spacial score (nSPS) is 26.4. The Balaban J connectivity index is 1.53. The highest BCUT2D eigenvalue weighted by molar-refractivity contribution is 9.10. The molecular weight excluding hydrogens is 442 g/mol. The van der Waals surface area contributed by atoms with Gasteiger partial charge < -0.3 is 10.5 Å². The van der Waals surface area contributed by atoms with Gasteiger partial charge in [0.05, 0.1) is 0 Å². The number of hydrogen-bond donors (Lipinski definition) is 1. The van der Waals surface area contributed by atoms with Crippen LogP contribution in [0.15, 0.2) is 58.0 Å². The van der Waals surface area contributed by atoms with Crippen molar-refractivity contribution in [2.75, 3.05) is 6.54 Å². The van der Waals surface area contributed by atoms with Gasteiger partial charge in [0.1, 0.15) is 11.9 Å². The van der Waals surface area contributed by atoms with Gasteiger partial charge in [0.2, 0.25) is 0 Å². The molecule has 3 aliphatic rings. The molecule has 6 heteroatoms. The monoisotopic (exact) mass is 467 g/mol. The summed E-state index contributed by atoms with van der Waals surface area (Å²) in [6.45, 7) is 0.665. The maximum absolute atomic E-state index is 13.9. The van der Waals surface area contributed by atoms with Crippen LogP contribution in [0, 0.1) is 5.92 Å². The van der Waals surface area contributed by atoms with Gasteiger partial charge in [0, 0.05) is 28.6 Å². The first kappa shape index (κ1) is 19.6. The Labute approximate surface area is 185 Å². The lowest BCUT2D eigenvalue weighted by Gasteiger charge is -2.37. The van der Waals surface area contributed by atoms with Gasteiger partial charge in [-0.3, -0.25) is 9.69 Å². The number of amides is 1. The molecule has 0 aromatic heterocycles. The van der Waals surface area contributed by atoms with E-state index in [4.69, 9.17) is 15.5 Å². The van der Waals surface area contributed by atoms with Gasteiger partial charge in [-0.1, -0.05) is 71.6 Å². The molecule has 0 saturated heterocycles. The van der Waals surface area contributed by atoms with E-state index < -0.39 is 5.54 Å². The molecule has 2 unspecified atom stereocenters. The highest BCUT2D eigenvalue weighted by Crippen LogP contribution is 2.50. The minimum atomic E-state index is -1.02. The van der Waals surface area contributed by atoms with Crippen LogP contribution in [0.2, 0.25) is 0 Å². The highest BCUT2D eigenvalue weighted by Gasteiger charge is 2.54. The van der Waals surface area contributed by atoms with E-state index in [0.29, 0.717) is 30.6 Å². The predicted molar refractivity (Wildman–Crippen MR) is 120 cm³/mol. The largest absolute Gasteiger partial charge is 0.485 e. The Morgan fingerprint density at radius 2 is 1.83 bits per heavy atom. The predicted octanol–water partition coefficient (Wildman–Crippen LogP) is 4.91. The molecule has 1 amide bonds. The molecule has 2 atom stereocenters. The fraction of sp³-hybridized carbons (Fsp3) is 0.417. The summed E-state index contributed by atoms with van der Waals surface area (Å²) < 4.78 is 7.31. The average Bonchev–Trinajstić information content (AvgIpc) is 2.99. The lowest BCUT2D eigenvalue weighted by Crippen LogP contribution is -2.47. The molecule has 30 heavy (non-hydrogen) atoms. The minimum Gasteiger partial charge on any atom is -0.485 e. The van der Waals surface area contributed by atoms with E-state index in [1.165, 1.54) is 19.3 Å². The van der Waals surface area contributed by atoms with Gasteiger partial charge in [-0.2, -0.15) is 0 Å². The number of hydrogen-bond acceptors (Lipinski definition) is 4. The van der Waals surface area contributed by atoms with Gasteiger partial charge in [-0.15, -0.1) is 0 Å². The first-order chi connectivity index (χ1) is 14.6. The minimum absolute atomic E-state index is 0.0154. The molecule has 2 aromatic carbocycles. The highest BCUT2D eigenvalue weighted by atomic mass is 79.9. The van der Waals surface area contributed by atoms with Crippen LogP contribution < -0.4 is 10.5 Å². The van der Waals surface area contributed by atoms with Crippen LogP contribution in [0.3, 0.4) is 0 Å². The number of para-hydroxylation sites is 1. The summed E-state index contributed by atoms with van der Waals surface area (Å²) in [4.78, 5) is 20.4. The van der Waals surface area contributed by atoms with Crippen LogP contribution >= 0.6 is 15.9 Å². The Hall–Kier alpha value is -2.34. The van der Waals surface area contributed by atoms with Gasteiger partial charge in [-0.25, -0.2) is 4.99 Å². The van der Waals surface area contributed by atoms with Crippen LogP contribution in [-0.2, 0) is 10.3 Å². The molecule has 1 spiro atoms. The average molecular weight is 468 g/mol. The fourth-order valence-corrected chi connectivity index (χ4v) is 5.68. The summed E-state index contributed by atoms with van der Waals surface area (Å²) in [5, 5.41) is 0. The van der Waals surface area contributed by atoms with Gasteiger partial charge in [0.15, 0.2) is 11.5 Å². The third-order valence-corrected chi connectivity index (χ3v) is 7.40. The summed E-state index contributed by atoms with van der Waals surface area (Å²) in [7, 11) is 0. The summed E-state index contributed by atoms with van der Waals surface area (Å²) in [6.07, 6.45) is 6.22. The molecular formula is C24H26BrN3O2. The van der Waals surface area contributed by atoms with E-state index >= 15 is 0 Å². The second-order valence-corrected chi connectivity index (χ2v) is 9.43. The molecule has 5 nitrogen and oxygen atoms in total. The first-order valence-corrected chi connectivity index (χ1v) is 11.6. The zero-order chi connectivity index (χ0) is 20.7. The van der Waals surface area contributed by atoms with Crippen molar-refractivity contribution in [3.8, 4) is 5.75 Å². The van der Waals surface area contributed by atoms with E-state index in [2.05, 4.69) is 15.9 Å². The summed E-state index contributed by atoms with van der Waals surface area (Å²) >= 11 is 3.64. The second-order valence-electron chi connectivity index (χ2n) is 8.58. The zero-order valence-electron chi connectivity index (χ0n) is 16.9. The molecule has 156 valence electrons. The number of fused-ring (bicyclic) bond motifs is 2. The molecule has 0 radical (unpaired) electrons. The summed E-state index contributed by atoms with van der Waals surface area (Å²) in [6, 6.07) is 15.7. The Morgan fingerprint density at radius 1 is 1.10 bits per heavy atom. The first-order valence-electron chi connectivity index (χ1n) is 10.8. The van der Waals surface area contributed by atoms with Crippen LogP contribution in [0.4, 0.5) is 0 Å². The maximum Gasteiger partial charge on any atom is 0.262 e. The molecule has 2 aliphatic heterocycles. The van der Waals surface area contributed by atoms with E-state index in [1.54, 1.807) is 4.90 Å². The third kappa shape index (κ3) is 3.22. The lowest BCUT2D eigenvalue weighted by molar-refractivity contribution is -0.133. The number of guanidine groups is 1. The van der Waals surface area contributed by atoms with Crippen molar-refractivity contribution in [2.45, 2.75) is 50.2 Å². The quantitative estimate of drug-likeness (QED) is 0.697. The van der Waals surface area contributed by atoms with Crippen molar-refractivity contribution in [2.24, 2.45) is 16.6 Å². The Morgan fingerprint density at radius 3 is 2.63 bits per heavy atom. The number of aliphatic imine (C=N–C) groups is 1. The van der Waals surface area contributed by atoms with Crippen molar-refractivity contribution >= 4 is 27.8 Å². The number of carbonyl (C=O) groups is 1. The smallest absolute Gasteiger partial charge is 0.262 e. The van der Waals surface area contributed by atoms with E-state index in [-0.39, 0.29) is 12.0 Å². The molecule has 2 heterocycles. The van der Waals surface area contributed by atoms with Crippen LogP contribution in [0.5, 0.6) is 5.75 Å². The van der Waals surface area contributed by atoms with Gasteiger partial charge in [0.25, 0.3) is 5.91 Å². The Kier molecular flexibility index (Phi) is 5.05. The number of rotatable bonds is 3. The number of ether oxygens (including phenoxy) is 1. The molecule has 5 rings (SSSR count). The van der Waals surface area contributed by atoms with Gasteiger partial charge >= 0.3 is 0 Å². The number of halogens is 1. The fourth-order valence-electron chi connectivity index (χ4n) is 5.14. The number of nitrogens with two attached hydrogens (primary N) is 1. The number of nitrogens with zero attached hydrogens (tertiary/aromatic N) is 2. The van der Waals surface area contributed by atoms with E-state index in [1.807, 2.05) is 48.5 Å². The van der Waals surface area contributed by atoms with Crippen LogP contribution in [0.25, 0.3) is 0 Å². The van der Waals surface area contributed by atoms with Crippen LogP contribution in [-0.4, -0.2) is 23.3 Å². The van der Waals surface area contributed by atoms with Crippen LogP contribution in [0.1, 0.15) is 55.8 Å². The van der Waals surface area contributed by atoms with Crippen molar-refractivity contribution in [1.29, 1.82) is 0 Å². The Bertz CT molecular complexity index is 1000. The number of carbonyl (C=O) groups excluding carboxylic acids is 1.